The second-order valence-corrected chi connectivity index (χ2v) is 6.38. The van der Waals surface area contributed by atoms with Crippen LogP contribution in [-0.4, -0.2) is 28.9 Å². The number of halogens is 3. The quantitative estimate of drug-likeness (QED) is 0.797. The molecule has 2 aliphatic rings. The lowest BCUT2D eigenvalue weighted by Crippen LogP contribution is -2.45. The van der Waals surface area contributed by atoms with E-state index in [1.54, 1.807) is 0 Å². The molecule has 1 atom stereocenters. The predicted octanol–water partition coefficient (Wildman–Crippen LogP) is 3.51. The summed E-state index contributed by atoms with van der Waals surface area (Å²) in [5.74, 6) is -0.146. The summed E-state index contributed by atoms with van der Waals surface area (Å²) < 4.78 is 38.7. The van der Waals surface area contributed by atoms with Gasteiger partial charge in [-0.15, -0.1) is 12.6 Å². The standard InChI is InChI=1S/C15H17F3N2OS/c1-19-13(22)20(12(21)14(19)7-2-3-8-14)11-6-4-5-10(9-11)15(16,17)18/h4-6,9,13,22H,2-3,7-8H2,1H3. The molecule has 1 aromatic carbocycles. The highest BCUT2D eigenvalue weighted by molar-refractivity contribution is 7.81. The van der Waals surface area contributed by atoms with E-state index in [9.17, 15) is 18.0 Å². The average molecular weight is 330 g/mol. The molecule has 2 fully saturated rings. The van der Waals surface area contributed by atoms with Crippen molar-refractivity contribution in [2.24, 2.45) is 0 Å². The van der Waals surface area contributed by atoms with Crippen LogP contribution in [0, 0.1) is 0 Å². The van der Waals surface area contributed by atoms with Crippen LogP contribution in [0.25, 0.3) is 0 Å². The molecular weight excluding hydrogens is 313 g/mol. The SMILES string of the molecule is CN1C(S)N(c2cccc(C(F)(F)F)c2)C(=O)C12CCCC2. The van der Waals surface area contributed by atoms with Crippen molar-refractivity contribution in [1.29, 1.82) is 0 Å². The van der Waals surface area contributed by atoms with Gasteiger partial charge in [-0.2, -0.15) is 13.2 Å². The molecule has 1 amide bonds. The minimum Gasteiger partial charge on any atom is -0.285 e. The first-order chi connectivity index (χ1) is 10.3. The molecule has 22 heavy (non-hydrogen) atoms. The zero-order valence-electron chi connectivity index (χ0n) is 12.1. The number of carbonyl (C=O) groups excluding carboxylic acids is 1. The van der Waals surface area contributed by atoms with Gasteiger partial charge in [-0.1, -0.05) is 18.9 Å². The summed E-state index contributed by atoms with van der Waals surface area (Å²) in [4.78, 5) is 16.1. The van der Waals surface area contributed by atoms with Gasteiger partial charge in [0.15, 0.2) is 0 Å². The predicted molar refractivity (Wildman–Crippen MR) is 80.7 cm³/mol. The minimum absolute atomic E-state index is 0.146. The summed E-state index contributed by atoms with van der Waals surface area (Å²) in [7, 11) is 1.81. The van der Waals surface area contributed by atoms with E-state index in [1.807, 2.05) is 11.9 Å². The third-order valence-corrected chi connectivity index (χ3v) is 5.33. The van der Waals surface area contributed by atoms with Gasteiger partial charge in [-0.25, -0.2) is 0 Å². The lowest BCUT2D eigenvalue weighted by molar-refractivity contribution is -0.137. The number of alkyl halides is 3. The van der Waals surface area contributed by atoms with Crippen molar-refractivity contribution in [1.82, 2.24) is 4.90 Å². The fraction of sp³-hybridized carbons (Fsp3) is 0.533. The zero-order chi connectivity index (χ0) is 16.1. The molecule has 1 spiro atoms. The normalized spacial score (nSPS) is 25.4. The first kappa shape index (κ1) is 15.7. The van der Waals surface area contributed by atoms with Gasteiger partial charge in [-0.3, -0.25) is 14.6 Å². The van der Waals surface area contributed by atoms with Crippen molar-refractivity contribution >= 4 is 24.2 Å². The largest absolute Gasteiger partial charge is 0.416 e. The van der Waals surface area contributed by atoms with E-state index in [2.05, 4.69) is 12.6 Å². The van der Waals surface area contributed by atoms with Gasteiger partial charge in [0, 0.05) is 5.69 Å². The molecule has 7 heteroatoms. The number of hydrogen-bond acceptors (Lipinski definition) is 3. The second-order valence-electron chi connectivity index (χ2n) is 5.92. The zero-order valence-corrected chi connectivity index (χ0v) is 13.0. The highest BCUT2D eigenvalue weighted by Crippen LogP contribution is 2.45. The minimum atomic E-state index is -4.43. The topological polar surface area (TPSA) is 23.6 Å². The number of thiol groups is 1. The first-order valence-electron chi connectivity index (χ1n) is 7.19. The van der Waals surface area contributed by atoms with Crippen molar-refractivity contribution in [2.45, 2.75) is 42.9 Å². The van der Waals surface area contributed by atoms with Gasteiger partial charge in [0.25, 0.3) is 0 Å². The van der Waals surface area contributed by atoms with E-state index in [1.165, 1.54) is 17.0 Å². The molecule has 1 aliphatic heterocycles. The number of nitrogens with zero attached hydrogens (tertiary/aromatic N) is 2. The highest BCUT2D eigenvalue weighted by Gasteiger charge is 2.56. The van der Waals surface area contributed by atoms with Crippen LogP contribution in [0.3, 0.4) is 0 Å². The van der Waals surface area contributed by atoms with Crippen molar-refractivity contribution in [3.05, 3.63) is 29.8 Å². The molecular formula is C15H17F3N2OS. The number of likely N-dealkylation sites (N-methyl/N-ethyl adjacent to an activating group) is 1. The number of rotatable bonds is 1. The maximum Gasteiger partial charge on any atom is 0.416 e. The van der Waals surface area contributed by atoms with Crippen LogP contribution in [-0.2, 0) is 11.0 Å². The Morgan fingerprint density at radius 3 is 2.50 bits per heavy atom. The first-order valence-corrected chi connectivity index (χ1v) is 7.71. The maximum atomic E-state index is 12.9. The van der Waals surface area contributed by atoms with E-state index in [4.69, 9.17) is 0 Å². The lowest BCUT2D eigenvalue weighted by Gasteiger charge is -2.29. The summed E-state index contributed by atoms with van der Waals surface area (Å²) >= 11 is 4.46. The van der Waals surface area contributed by atoms with Gasteiger partial charge in [-0.05, 0) is 38.1 Å². The highest BCUT2D eigenvalue weighted by atomic mass is 32.1. The Hall–Kier alpha value is -1.21. The van der Waals surface area contributed by atoms with Gasteiger partial charge in [0.2, 0.25) is 5.91 Å². The van der Waals surface area contributed by atoms with Crippen molar-refractivity contribution < 1.29 is 18.0 Å². The van der Waals surface area contributed by atoms with Gasteiger partial charge >= 0.3 is 6.18 Å². The molecule has 1 heterocycles. The molecule has 1 aromatic rings. The Morgan fingerprint density at radius 2 is 1.91 bits per heavy atom. The van der Waals surface area contributed by atoms with E-state index in [0.29, 0.717) is 0 Å². The third-order valence-electron chi connectivity index (χ3n) is 4.75. The van der Waals surface area contributed by atoms with E-state index >= 15 is 0 Å². The fourth-order valence-corrected chi connectivity index (χ4v) is 3.94. The van der Waals surface area contributed by atoms with E-state index < -0.39 is 22.8 Å². The van der Waals surface area contributed by atoms with E-state index in [0.717, 1.165) is 37.8 Å². The van der Waals surface area contributed by atoms with Gasteiger partial charge in [0.05, 0.1) is 5.56 Å². The lowest BCUT2D eigenvalue weighted by atomic mass is 9.96. The molecule has 0 N–H and O–H groups in total. The van der Waals surface area contributed by atoms with Crippen LogP contribution in [0.1, 0.15) is 31.2 Å². The number of amides is 1. The van der Waals surface area contributed by atoms with Gasteiger partial charge in [0.1, 0.15) is 11.0 Å². The van der Waals surface area contributed by atoms with Crippen molar-refractivity contribution in [3.8, 4) is 0 Å². The number of hydrogen-bond donors (Lipinski definition) is 1. The monoisotopic (exact) mass is 330 g/mol. The number of benzene rings is 1. The molecule has 1 saturated carbocycles. The molecule has 0 aromatic heterocycles. The Bertz CT molecular complexity index is 599. The molecule has 1 aliphatic carbocycles. The molecule has 120 valence electrons. The fourth-order valence-electron chi connectivity index (χ4n) is 3.48. The van der Waals surface area contributed by atoms with Crippen molar-refractivity contribution in [3.63, 3.8) is 0 Å². The second kappa shape index (κ2) is 5.16. The van der Waals surface area contributed by atoms with Crippen LogP contribution < -0.4 is 4.90 Å². The Morgan fingerprint density at radius 1 is 1.27 bits per heavy atom. The third kappa shape index (κ3) is 2.22. The summed E-state index contributed by atoms with van der Waals surface area (Å²) in [6.07, 6.45) is -1.06. The molecule has 1 unspecified atom stereocenters. The molecule has 0 bridgehead atoms. The number of anilines is 1. The Labute approximate surface area is 132 Å². The van der Waals surface area contributed by atoms with Crippen molar-refractivity contribution in [2.75, 3.05) is 11.9 Å². The maximum absolute atomic E-state index is 12.9. The molecule has 3 rings (SSSR count). The summed E-state index contributed by atoms with van der Waals surface area (Å²) in [5.41, 5.74) is -1.67. The number of carbonyl (C=O) groups is 1. The average Bonchev–Trinajstić information content (AvgIpc) is 3.02. The molecule has 1 saturated heterocycles. The van der Waals surface area contributed by atoms with E-state index in [-0.39, 0.29) is 11.6 Å². The molecule has 3 nitrogen and oxygen atoms in total. The van der Waals surface area contributed by atoms with Crippen LogP contribution in [0.15, 0.2) is 24.3 Å². The van der Waals surface area contributed by atoms with Crippen LogP contribution in [0.5, 0.6) is 0 Å². The van der Waals surface area contributed by atoms with Gasteiger partial charge < -0.3 is 0 Å². The molecule has 0 radical (unpaired) electrons. The van der Waals surface area contributed by atoms with Crippen LogP contribution in [0.2, 0.25) is 0 Å². The summed E-state index contributed by atoms with van der Waals surface area (Å²) in [6.45, 7) is 0. The smallest absolute Gasteiger partial charge is 0.285 e. The van der Waals surface area contributed by atoms with Crippen LogP contribution >= 0.6 is 12.6 Å². The Balaban J connectivity index is 2.00. The summed E-state index contributed by atoms with van der Waals surface area (Å²) in [5, 5.41) is 0. The van der Waals surface area contributed by atoms with Crippen LogP contribution in [0.4, 0.5) is 18.9 Å². The summed E-state index contributed by atoms with van der Waals surface area (Å²) in [6, 6.07) is 4.87. The Kier molecular flexibility index (Phi) is 3.68.